The molecule has 0 radical (unpaired) electrons. The van der Waals surface area contributed by atoms with Crippen LogP contribution >= 0.6 is 0 Å². The predicted molar refractivity (Wildman–Crippen MR) is 104 cm³/mol. The Kier molecular flexibility index (Phi) is 7.70. The van der Waals surface area contributed by atoms with Gasteiger partial charge in [-0.3, -0.25) is 4.79 Å². The van der Waals surface area contributed by atoms with Crippen LogP contribution in [0.1, 0.15) is 32.8 Å². The highest BCUT2D eigenvalue weighted by atomic mass is 16.5. The Labute approximate surface area is 161 Å². The first-order valence-corrected chi connectivity index (χ1v) is 9.36. The number of ether oxygens (including phenoxy) is 3. The topological polar surface area (TPSA) is 65.1 Å². The zero-order valence-corrected chi connectivity index (χ0v) is 16.6. The summed E-state index contributed by atoms with van der Waals surface area (Å²) < 4.78 is 15.8. The standard InChI is InChI=1S/C21H29NO5/c1-5-26-18-8-6-17(11-19(18)25-4)7-9-21(24)27-14-20(23)22-12-15(2)10-16(3)13-22/h6-9,11,15-16H,5,10,12-14H2,1-4H3/b9-7+/t15-,16-/m1/s1. The first-order valence-electron chi connectivity index (χ1n) is 9.36. The molecule has 1 aromatic carbocycles. The molecule has 6 heteroatoms. The van der Waals surface area contributed by atoms with Crippen LogP contribution in [0.2, 0.25) is 0 Å². The van der Waals surface area contributed by atoms with E-state index in [1.165, 1.54) is 6.08 Å². The smallest absolute Gasteiger partial charge is 0.331 e. The molecular formula is C21H29NO5. The van der Waals surface area contributed by atoms with Gasteiger partial charge in [0.25, 0.3) is 5.91 Å². The molecular weight excluding hydrogens is 346 g/mol. The molecule has 0 N–H and O–H groups in total. The van der Waals surface area contributed by atoms with Gasteiger partial charge in [-0.2, -0.15) is 0 Å². The summed E-state index contributed by atoms with van der Waals surface area (Å²) in [6, 6.07) is 5.38. The highest BCUT2D eigenvalue weighted by Crippen LogP contribution is 2.28. The molecule has 1 heterocycles. The molecule has 1 aliphatic rings. The lowest BCUT2D eigenvalue weighted by Gasteiger charge is -2.34. The molecule has 1 fully saturated rings. The second-order valence-electron chi connectivity index (χ2n) is 7.03. The molecule has 1 aliphatic heterocycles. The van der Waals surface area contributed by atoms with Crippen LogP contribution in [0.15, 0.2) is 24.3 Å². The first-order chi connectivity index (χ1) is 12.9. The van der Waals surface area contributed by atoms with Crippen LogP contribution in [0.4, 0.5) is 0 Å². The van der Waals surface area contributed by atoms with E-state index >= 15 is 0 Å². The van der Waals surface area contributed by atoms with E-state index in [9.17, 15) is 9.59 Å². The molecule has 0 aromatic heterocycles. The third-order valence-electron chi connectivity index (χ3n) is 4.46. The number of hydrogen-bond acceptors (Lipinski definition) is 5. The van der Waals surface area contributed by atoms with Gasteiger partial charge in [-0.25, -0.2) is 4.79 Å². The van der Waals surface area contributed by atoms with E-state index in [0.29, 0.717) is 29.9 Å². The van der Waals surface area contributed by atoms with Gasteiger partial charge in [-0.15, -0.1) is 0 Å². The largest absolute Gasteiger partial charge is 0.493 e. The van der Waals surface area contributed by atoms with E-state index in [2.05, 4.69) is 13.8 Å². The highest BCUT2D eigenvalue weighted by Gasteiger charge is 2.25. The van der Waals surface area contributed by atoms with Gasteiger partial charge in [-0.1, -0.05) is 19.9 Å². The predicted octanol–water partition coefficient (Wildman–Crippen LogP) is 3.15. The molecule has 27 heavy (non-hydrogen) atoms. The number of hydrogen-bond donors (Lipinski definition) is 0. The normalized spacial score (nSPS) is 19.8. The summed E-state index contributed by atoms with van der Waals surface area (Å²) in [6.07, 6.45) is 4.05. The van der Waals surface area contributed by atoms with Crippen LogP contribution in [-0.2, 0) is 14.3 Å². The molecule has 6 nitrogen and oxygen atoms in total. The Morgan fingerprint density at radius 2 is 1.89 bits per heavy atom. The first kappa shape index (κ1) is 20.8. The molecule has 0 saturated carbocycles. The SMILES string of the molecule is CCOc1ccc(/C=C/C(=O)OCC(=O)N2C[C@H](C)C[C@@H](C)C2)cc1OC. The van der Waals surface area contributed by atoms with Crippen molar-refractivity contribution in [3.8, 4) is 11.5 Å². The second-order valence-corrected chi connectivity index (χ2v) is 7.03. The number of amides is 1. The number of esters is 1. The Morgan fingerprint density at radius 1 is 1.19 bits per heavy atom. The molecule has 148 valence electrons. The molecule has 2 atom stereocenters. The van der Waals surface area contributed by atoms with Crippen LogP contribution in [0.25, 0.3) is 6.08 Å². The minimum atomic E-state index is -0.547. The van der Waals surface area contributed by atoms with Crippen LogP contribution in [-0.4, -0.2) is 50.2 Å². The van der Waals surface area contributed by atoms with Crippen molar-refractivity contribution in [1.29, 1.82) is 0 Å². The van der Waals surface area contributed by atoms with Crippen molar-refractivity contribution in [3.05, 3.63) is 29.8 Å². The summed E-state index contributed by atoms with van der Waals surface area (Å²) in [4.78, 5) is 25.9. The highest BCUT2D eigenvalue weighted by molar-refractivity contribution is 5.89. The Balaban J connectivity index is 1.87. The maximum Gasteiger partial charge on any atom is 0.331 e. The summed E-state index contributed by atoms with van der Waals surface area (Å²) in [5, 5.41) is 0. The van der Waals surface area contributed by atoms with Crippen molar-refractivity contribution in [2.45, 2.75) is 27.2 Å². The Hall–Kier alpha value is -2.50. The number of rotatable bonds is 7. The second kappa shape index (κ2) is 10.00. The quantitative estimate of drug-likeness (QED) is 0.541. The van der Waals surface area contributed by atoms with Crippen molar-refractivity contribution in [1.82, 2.24) is 4.90 Å². The van der Waals surface area contributed by atoms with E-state index in [-0.39, 0.29) is 12.5 Å². The van der Waals surface area contributed by atoms with Gasteiger partial charge < -0.3 is 19.1 Å². The number of methoxy groups -OCH3 is 1. The summed E-state index contributed by atoms with van der Waals surface area (Å²) in [6.45, 7) is 7.93. The van der Waals surface area contributed by atoms with Crippen molar-refractivity contribution in [2.24, 2.45) is 11.8 Å². The van der Waals surface area contributed by atoms with E-state index in [0.717, 1.165) is 25.1 Å². The molecule has 0 aliphatic carbocycles. The lowest BCUT2D eigenvalue weighted by Crippen LogP contribution is -2.44. The van der Waals surface area contributed by atoms with Gasteiger partial charge in [0.2, 0.25) is 0 Å². The van der Waals surface area contributed by atoms with Gasteiger partial charge in [-0.05, 0) is 49.0 Å². The number of benzene rings is 1. The fraction of sp³-hybridized carbons (Fsp3) is 0.524. The zero-order chi connectivity index (χ0) is 19.8. The van der Waals surface area contributed by atoms with E-state index in [1.807, 2.05) is 13.0 Å². The number of nitrogens with zero attached hydrogens (tertiary/aromatic N) is 1. The fourth-order valence-corrected chi connectivity index (χ4v) is 3.37. The Bertz CT molecular complexity index is 675. The van der Waals surface area contributed by atoms with Crippen LogP contribution in [0, 0.1) is 11.8 Å². The van der Waals surface area contributed by atoms with Crippen molar-refractivity contribution in [2.75, 3.05) is 33.4 Å². The lowest BCUT2D eigenvalue weighted by molar-refractivity contribution is -0.149. The molecule has 1 saturated heterocycles. The summed E-state index contributed by atoms with van der Waals surface area (Å²) in [5.41, 5.74) is 0.775. The molecule has 2 rings (SSSR count). The van der Waals surface area contributed by atoms with Gasteiger partial charge in [0.15, 0.2) is 18.1 Å². The maximum atomic E-state index is 12.2. The molecule has 0 bridgehead atoms. The average molecular weight is 375 g/mol. The number of carbonyl (C=O) groups is 2. The lowest BCUT2D eigenvalue weighted by atomic mass is 9.92. The number of likely N-dealkylation sites (tertiary alicyclic amines) is 1. The van der Waals surface area contributed by atoms with E-state index in [1.54, 1.807) is 30.2 Å². The third-order valence-corrected chi connectivity index (χ3v) is 4.46. The van der Waals surface area contributed by atoms with Crippen LogP contribution in [0.5, 0.6) is 11.5 Å². The van der Waals surface area contributed by atoms with Crippen LogP contribution < -0.4 is 9.47 Å². The fourth-order valence-electron chi connectivity index (χ4n) is 3.37. The van der Waals surface area contributed by atoms with Gasteiger partial charge in [0.1, 0.15) is 0 Å². The minimum Gasteiger partial charge on any atom is -0.493 e. The van der Waals surface area contributed by atoms with Crippen molar-refractivity contribution < 1.29 is 23.8 Å². The number of piperidine rings is 1. The third kappa shape index (κ3) is 6.31. The van der Waals surface area contributed by atoms with E-state index in [4.69, 9.17) is 14.2 Å². The average Bonchev–Trinajstić information content (AvgIpc) is 2.64. The summed E-state index contributed by atoms with van der Waals surface area (Å²) >= 11 is 0. The van der Waals surface area contributed by atoms with Crippen molar-refractivity contribution in [3.63, 3.8) is 0 Å². The monoisotopic (exact) mass is 375 g/mol. The Morgan fingerprint density at radius 3 is 2.52 bits per heavy atom. The molecule has 0 unspecified atom stereocenters. The van der Waals surface area contributed by atoms with Gasteiger partial charge >= 0.3 is 5.97 Å². The van der Waals surface area contributed by atoms with Crippen molar-refractivity contribution >= 4 is 18.0 Å². The minimum absolute atomic E-state index is 0.141. The number of carbonyl (C=O) groups excluding carboxylic acids is 2. The molecule has 0 spiro atoms. The molecule has 1 aromatic rings. The zero-order valence-electron chi connectivity index (χ0n) is 16.6. The summed E-state index contributed by atoms with van der Waals surface area (Å²) in [7, 11) is 1.56. The van der Waals surface area contributed by atoms with Gasteiger partial charge in [0.05, 0.1) is 13.7 Å². The van der Waals surface area contributed by atoms with Gasteiger partial charge in [0, 0.05) is 19.2 Å². The maximum absolute atomic E-state index is 12.2. The molecule has 1 amide bonds. The summed E-state index contributed by atoms with van der Waals surface area (Å²) in [5.74, 6) is 1.50. The van der Waals surface area contributed by atoms with E-state index < -0.39 is 5.97 Å². The van der Waals surface area contributed by atoms with Crippen LogP contribution in [0.3, 0.4) is 0 Å².